The van der Waals surface area contributed by atoms with E-state index in [0.717, 1.165) is 38.5 Å². The number of phenolic OH excluding ortho intramolecular Hbond substituents is 2. The topological polar surface area (TPSA) is 87.0 Å². The summed E-state index contributed by atoms with van der Waals surface area (Å²) < 4.78 is 5.21. The molecule has 0 fully saturated rings. The molecule has 5 nitrogen and oxygen atoms in total. The lowest BCUT2D eigenvalue weighted by atomic mass is 9.98. The largest absolute Gasteiger partial charge is 0.508 e. The highest BCUT2D eigenvalue weighted by atomic mass is 16.5. The Morgan fingerprint density at radius 3 is 2.50 bits per heavy atom. The van der Waals surface area contributed by atoms with Crippen molar-refractivity contribution >= 4 is 5.97 Å². The molecule has 1 aliphatic heterocycles. The summed E-state index contributed by atoms with van der Waals surface area (Å²) in [6.45, 7) is 0.269. The highest BCUT2D eigenvalue weighted by molar-refractivity contribution is 5.94. The number of aryl methyl sites for hydroxylation is 1. The summed E-state index contributed by atoms with van der Waals surface area (Å²) in [6, 6.07) is 2.68. The molecule has 0 radical (unpaired) electrons. The van der Waals surface area contributed by atoms with Crippen molar-refractivity contribution in [1.29, 1.82) is 0 Å². The number of phenols is 2. The maximum absolute atomic E-state index is 12.2. The monoisotopic (exact) mass is 308 g/mol. The van der Waals surface area contributed by atoms with Crippen molar-refractivity contribution in [2.24, 2.45) is 0 Å². The summed E-state index contributed by atoms with van der Waals surface area (Å²) in [5.74, 6) is -0.840. The standard InChI is InChI=1S/C17H24O5/c18-13-7-3-1-2-6-12-10-14(19)11-15(20)16(12)17(21)22-9-5-4-8-13/h10-11,13,18-20H,1-9H2/t13-/m1/s1. The maximum atomic E-state index is 12.2. The normalized spacial score (nSPS) is 21.5. The predicted molar refractivity (Wildman–Crippen MR) is 82.1 cm³/mol. The van der Waals surface area contributed by atoms with Gasteiger partial charge in [0.05, 0.1) is 12.7 Å². The van der Waals surface area contributed by atoms with Gasteiger partial charge in [0.1, 0.15) is 17.1 Å². The lowest BCUT2D eigenvalue weighted by Crippen LogP contribution is -2.12. The number of cyclic esters (lactones) is 1. The molecule has 122 valence electrons. The number of aliphatic hydroxyl groups is 1. The number of benzene rings is 1. The third-order valence-corrected chi connectivity index (χ3v) is 4.04. The van der Waals surface area contributed by atoms with Crippen LogP contribution in [-0.4, -0.2) is 34.0 Å². The molecule has 3 N–H and O–H groups in total. The number of carbonyl (C=O) groups excluding carboxylic acids is 1. The number of hydrogen-bond donors (Lipinski definition) is 3. The van der Waals surface area contributed by atoms with E-state index < -0.39 is 5.97 Å². The van der Waals surface area contributed by atoms with Crippen LogP contribution < -0.4 is 0 Å². The zero-order valence-electron chi connectivity index (χ0n) is 12.8. The van der Waals surface area contributed by atoms with Crippen molar-refractivity contribution in [3.05, 3.63) is 23.3 Å². The summed E-state index contributed by atoms with van der Waals surface area (Å²) in [4.78, 5) is 12.2. The fourth-order valence-electron chi connectivity index (χ4n) is 2.84. The fraction of sp³-hybridized carbons (Fsp3) is 0.588. The Kier molecular flexibility index (Phi) is 6.07. The molecular weight excluding hydrogens is 284 g/mol. The number of ether oxygens (including phenoxy) is 1. The van der Waals surface area contributed by atoms with Gasteiger partial charge in [-0.05, 0) is 50.2 Å². The minimum atomic E-state index is -0.551. The molecule has 1 aliphatic rings. The molecular formula is C17H24O5. The first-order chi connectivity index (χ1) is 10.6. The maximum Gasteiger partial charge on any atom is 0.342 e. The molecule has 1 atom stereocenters. The van der Waals surface area contributed by atoms with Crippen LogP contribution in [0.4, 0.5) is 0 Å². The lowest BCUT2D eigenvalue weighted by Gasteiger charge is -2.14. The molecule has 0 aromatic heterocycles. The second-order valence-corrected chi connectivity index (χ2v) is 5.88. The van der Waals surface area contributed by atoms with Crippen molar-refractivity contribution in [3.8, 4) is 11.5 Å². The van der Waals surface area contributed by atoms with E-state index in [2.05, 4.69) is 0 Å². The Hall–Kier alpha value is -1.75. The van der Waals surface area contributed by atoms with Gasteiger partial charge in [-0.1, -0.05) is 12.8 Å². The third-order valence-electron chi connectivity index (χ3n) is 4.04. The van der Waals surface area contributed by atoms with E-state index in [9.17, 15) is 20.1 Å². The SMILES string of the molecule is O=C1OCCCC[C@H](O)CCCCCc2cc(O)cc(O)c21. The van der Waals surface area contributed by atoms with Crippen LogP contribution in [0.5, 0.6) is 11.5 Å². The van der Waals surface area contributed by atoms with Crippen LogP contribution in [0.15, 0.2) is 12.1 Å². The number of rotatable bonds is 0. The van der Waals surface area contributed by atoms with Crippen LogP contribution in [-0.2, 0) is 11.2 Å². The first-order valence-corrected chi connectivity index (χ1v) is 7.98. The number of aromatic hydroxyl groups is 2. The molecule has 0 saturated carbocycles. The average molecular weight is 308 g/mol. The first kappa shape index (κ1) is 16.6. The zero-order valence-corrected chi connectivity index (χ0v) is 12.8. The number of fused-ring (bicyclic) bond motifs is 1. The van der Waals surface area contributed by atoms with E-state index in [1.807, 2.05) is 0 Å². The minimum absolute atomic E-state index is 0.0550. The van der Waals surface area contributed by atoms with Crippen molar-refractivity contribution in [2.75, 3.05) is 6.61 Å². The summed E-state index contributed by atoms with van der Waals surface area (Å²) in [5, 5.41) is 29.4. The van der Waals surface area contributed by atoms with E-state index in [0.29, 0.717) is 18.4 Å². The van der Waals surface area contributed by atoms with Crippen molar-refractivity contribution in [2.45, 2.75) is 57.5 Å². The molecule has 0 amide bonds. The van der Waals surface area contributed by atoms with Gasteiger partial charge < -0.3 is 20.1 Å². The predicted octanol–water partition coefficient (Wildman–Crippen LogP) is 2.90. The molecule has 1 heterocycles. The van der Waals surface area contributed by atoms with Gasteiger partial charge in [0.25, 0.3) is 0 Å². The minimum Gasteiger partial charge on any atom is -0.508 e. The van der Waals surface area contributed by atoms with Crippen LogP contribution in [0.3, 0.4) is 0 Å². The quantitative estimate of drug-likeness (QED) is 0.641. The van der Waals surface area contributed by atoms with Crippen molar-refractivity contribution in [1.82, 2.24) is 0 Å². The Balaban J connectivity index is 2.16. The van der Waals surface area contributed by atoms with E-state index in [1.165, 1.54) is 12.1 Å². The lowest BCUT2D eigenvalue weighted by molar-refractivity contribution is 0.0487. The van der Waals surface area contributed by atoms with Crippen LogP contribution >= 0.6 is 0 Å². The summed E-state index contributed by atoms with van der Waals surface area (Å²) in [7, 11) is 0. The van der Waals surface area contributed by atoms with E-state index in [-0.39, 0.29) is 29.8 Å². The third kappa shape index (κ3) is 4.63. The van der Waals surface area contributed by atoms with Gasteiger partial charge in [-0.3, -0.25) is 0 Å². The second-order valence-electron chi connectivity index (χ2n) is 5.88. The number of hydrogen-bond acceptors (Lipinski definition) is 5. The highest BCUT2D eigenvalue weighted by Gasteiger charge is 2.19. The average Bonchev–Trinajstić information content (AvgIpc) is 2.45. The number of carbonyl (C=O) groups is 1. The molecule has 1 aromatic carbocycles. The molecule has 2 rings (SSSR count). The summed E-state index contributed by atoms with van der Waals surface area (Å²) in [6.07, 6.45) is 6.02. The van der Waals surface area contributed by atoms with Crippen molar-refractivity contribution < 1.29 is 24.9 Å². The Bertz CT molecular complexity index is 512. The van der Waals surface area contributed by atoms with Crippen molar-refractivity contribution in [3.63, 3.8) is 0 Å². The second kappa shape index (κ2) is 8.03. The van der Waals surface area contributed by atoms with Crippen LogP contribution in [0.1, 0.15) is 60.9 Å². The Morgan fingerprint density at radius 2 is 1.73 bits per heavy atom. The van der Waals surface area contributed by atoms with E-state index in [4.69, 9.17) is 4.74 Å². The van der Waals surface area contributed by atoms with E-state index in [1.54, 1.807) is 0 Å². The first-order valence-electron chi connectivity index (χ1n) is 7.98. The number of esters is 1. The van der Waals surface area contributed by atoms with Gasteiger partial charge in [-0.2, -0.15) is 0 Å². The molecule has 0 spiro atoms. The van der Waals surface area contributed by atoms with E-state index >= 15 is 0 Å². The van der Waals surface area contributed by atoms with Gasteiger partial charge >= 0.3 is 5.97 Å². The fourth-order valence-corrected chi connectivity index (χ4v) is 2.84. The van der Waals surface area contributed by atoms with Gasteiger partial charge in [-0.15, -0.1) is 0 Å². The van der Waals surface area contributed by atoms with Gasteiger partial charge in [0.2, 0.25) is 0 Å². The molecule has 1 aromatic rings. The molecule has 0 unspecified atom stereocenters. The smallest absolute Gasteiger partial charge is 0.342 e. The Morgan fingerprint density at radius 1 is 1.00 bits per heavy atom. The van der Waals surface area contributed by atoms with Gasteiger partial charge in [0, 0.05) is 6.07 Å². The zero-order chi connectivity index (χ0) is 15.9. The highest BCUT2D eigenvalue weighted by Crippen LogP contribution is 2.29. The summed E-state index contributed by atoms with van der Waals surface area (Å²) in [5.41, 5.74) is 0.773. The van der Waals surface area contributed by atoms with Crippen LogP contribution in [0, 0.1) is 0 Å². The molecule has 0 bridgehead atoms. The van der Waals surface area contributed by atoms with Crippen LogP contribution in [0.25, 0.3) is 0 Å². The molecule has 0 saturated heterocycles. The number of aliphatic hydroxyl groups excluding tert-OH is 1. The molecule has 0 aliphatic carbocycles. The summed E-state index contributed by atoms with van der Waals surface area (Å²) >= 11 is 0. The van der Waals surface area contributed by atoms with Gasteiger partial charge in [0.15, 0.2) is 0 Å². The molecule has 5 heteroatoms. The van der Waals surface area contributed by atoms with Gasteiger partial charge in [-0.25, -0.2) is 4.79 Å². The van der Waals surface area contributed by atoms with Crippen LogP contribution in [0.2, 0.25) is 0 Å². The Labute approximate surface area is 130 Å². The molecule has 22 heavy (non-hydrogen) atoms.